The zero-order valence-electron chi connectivity index (χ0n) is 25.0. The first-order valence-corrected chi connectivity index (χ1v) is 14.2. The zero-order valence-corrected chi connectivity index (χ0v) is 25.0. The lowest BCUT2D eigenvalue weighted by Crippen LogP contribution is -2.26. The molecule has 40 heavy (non-hydrogen) atoms. The molecule has 0 bridgehead atoms. The van der Waals surface area contributed by atoms with E-state index in [1.165, 1.54) is 5.56 Å². The number of esters is 1. The van der Waals surface area contributed by atoms with Crippen LogP contribution in [0.25, 0.3) is 0 Å². The monoisotopic (exact) mass is 544 g/mol. The summed E-state index contributed by atoms with van der Waals surface area (Å²) in [6.45, 7) is 15.4. The third-order valence-electron chi connectivity index (χ3n) is 7.76. The van der Waals surface area contributed by atoms with Crippen LogP contribution in [0.5, 0.6) is 11.5 Å². The van der Waals surface area contributed by atoms with Gasteiger partial charge >= 0.3 is 12.0 Å². The number of amides is 2. The highest BCUT2D eigenvalue weighted by Gasteiger charge is 2.28. The van der Waals surface area contributed by atoms with Crippen molar-refractivity contribution in [3.05, 3.63) is 83.9 Å². The van der Waals surface area contributed by atoms with E-state index in [9.17, 15) is 9.59 Å². The molecule has 0 aliphatic rings. The van der Waals surface area contributed by atoms with Crippen LogP contribution in [0, 0.1) is 0 Å². The molecule has 0 aliphatic heterocycles. The normalized spacial score (nSPS) is 12.4. The molecule has 6 heteroatoms. The minimum atomic E-state index is -0.391. The van der Waals surface area contributed by atoms with Gasteiger partial charge in [-0.25, -0.2) is 4.79 Å². The molecule has 0 saturated heterocycles. The molecular weight excluding hydrogens is 500 g/mol. The van der Waals surface area contributed by atoms with Crippen LogP contribution in [0.3, 0.4) is 0 Å². The van der Waals surface area contributed by atoms with Crippen molar-refractivity contribution in [3.63, 3.8) is 0 Å². The lowest BCUT2D eigenvalue weighted by Gasteiger charge is -2.31. The molecule has 1 atom stereocenters. The quantitative estimate of drug-likeness (QED) is 0.176. The summed E-state index contributed by atoms with van der Waals surface area (Å²) in [4.78, 5) is 25.2. The van der Waals surface area contributed by atoms with Crippen molar-refractivity contribution in [1.82, 2.24) is 0 Å². The van der Waals surface area contributed by atoms with Gasteiger partial charge in [0.25, 0.3) is 0 Å². The van der Waals surface area contributed by atoms with Gasteiger partial charge in [0.05, 0.1) is 6.42 Å². The van der Waals surface area contributed by atoms with Crippen LogP contribution in [0.15, 0.2) is 72.8 Å². The third-order valence-corrected chi connectivity index (χ3v) is 7.76. The molecule has 0 saturated carbocycles. The van der Waals surface area contributed by atoms with Crippen LogP contribution < -0.4 is 20.1 Å². The lowest BCUT2D eigenvalue weighted by molar-refractivity contribution is -0.136. The molecule has 214 valence electrons. The molecule has 3 aromatic rings. The standard InChI is InChI=1S/C34H44N2O4/c1-8-27(39-30-20-19-24(33(4,5)9-2)21-29(30)34(6,7)10-3)23-31(37)40-28-18-14-17-26(22-28)36-32(38)35-25-15-12-11-13-16-25/h11-22,27H,8-10,23H2,1-7H3,(H2,35,36,38). The Bertz CT molecular complexity index is 1280. The molecule has 6 nitrogen and oxygen atoms in total. The fourth-order valence-electron chi connectivity index (χ4n) is 4.24. The molecular formula is C34H44N2O4. The van der Waals surface area contributed by atoms with Crippen LogP contribution in [0.4, 0.5) is 16.2 Å². The van der Waals surface area contributed by atoms with Crippen molar-refractivity contribution in [2.24, 2.45) is 0 Å². The van der Waals surface area contributed by atoms with Gasteiger partial charge in [0.1, 0.15) is 17.6 Å². The summed E-state index contributed by atoms with van der Waals surface area (Å²) in [7, 11) is 0. The summed E-state index contributed by atoms with van der Waals surface area (Å²) >= 11 is 0. The fourth-order valence-corrected chi connectivity index (χ4v) is 4.24. The number of urea groups is 1. The molecule has 0 radical (unpaired) electrons. The molecule has 0 heterocycles. The Balaban J connectivity index is 1.67. The Hall–Kier alpha value is -3.80. The Labute approximate surface area is 239 Å². The van der Waals surface area contributed by atoms with Crippen molar-refractivity contribution in [2.75, 3.05) is 10.6 Å². The first-order chi connectivity index (χ1) is 19.0. The largest absolute Gasteiger partial charge is 0.490 e. The highest BCUT2D eigenvalue weighted by atomic mass is 16.5. The van der Waals surface area contributed by atoms with Gasteiger partial charge < -0.3 is 20.1 Å². The second-order valence-corrected chi connectivity index (χ2v) is 11.5. The van der Waals surface area contributed by atoms with E-state index in [2.05, 4.69) is 70.4 Å². The van der Waals surface area contributed by atoms with E-state index in [4.69, 9.17) is 9.47 Å². The van der Waals surface area contributed by atoms with E-state index in [-0.39, 0.29) is 29.4 Å². The average Bonchev–Trinajstić information content (AvgIpc) is 2.93. The molecule has 0 aromatic heterocycles. The van der Waals surface area contributed by atoms with Gasteiger partial charge in [0, 0.05) is 23.0 Å². The lowest BCUT2D eigenvalue weighted by atomic mass is 9.76. The van der Waals surface area contributed by atoms with Gasteiger partial charge in [0.15, 0.2) is 0 Å². The van der Waals surface area contributed by atoms with Crippen LogP contribution >= 0.6 is 0 Å². The predicted molar refractivity (Wildman–Crippen MR) is 164 cm³/mol. The second kappa shape index (κ2) is 13.5. The van der Waals surface area contributed by atoms with E-state index in [0.717, 1.165) is 24.2 Å². The summed E-state index contributed by atoms with van der Waals surface area (Å²) in [6, 6.07) is 22.1. The number of anilines is 2. The molecule has 0 spiro atoms. The van der Waals surface area contributed by atoms with Gasteiger partial charge in [-0.1, -0.05) is 84.9 Å². The van der Waals surface area contributed by atoms with E-state index >= 15 is 0 Å². The minimum absolute atomic E-state index is 0.0662. The number of hydrogen-bond donors (Lipinski definition) is 2. The summed E-state index contributed by atoms with van der Waals surface area (Å²) in [6.07, 6.45) is 2.44. The molecule has 1 unspecified atom stereocenters. The highest BCUT2D eigenvalue weighted by Crippen LogP contribution is 2.39. The second-order valence-electron chi connectivity index (χ2n) is 11.5. The van der Waals surface area contributed by atoms with Crippen LogP contribution in [-0.2, 0) is 15.6 Å². The Kier molecular flexibility index (Phi) is 10.4. The van der Waals surface area contributed by atoms with E-state index < -0.39 is 5.97 Å². The van der Waals surface area contributed by atoms with Gasteiger partial charge in [-0.05, 0) is 66.0 Å². The summed E-state index contributed by atoms with van der Waals surface area (Å²) in [5.74, 6) is 0.784. The first kappa shape index (κ1) is 30.7. The summed E-state index contributed by atoms with van der Waals surface area (Å²) < 4.78 is 12.1. The number of rotatable bonds is 12. The van der Waals surface area contributed by atoms with Crippen LogP contribution in [0.1, 0.15) is 85.3 Å². The number of benzene rings is 3. The van der Waals surface area contributed by atoms with Gasteiger partial charge in [0.2, 0.25) is 0 Å². The predicted octanol–water partition coefficient (Wildman–Crippen LogP) is 8.86. The van der Waals surface area contributed by atoms with Gasteiger partial charge in [-0.15, -0.1) is 0 Å². The number of nitrogens with one attached hydrogen (secondary N) is 2. The topological polar surface area (TPSA) is 76.7 Å². The summed E-state index contributed by atoms with van der Waals surface area (Å²) in [5.41, 5.74) is 3.64. The first-order valence-electron chi connectivity index (χ1n) is 14.2. The van der Waals surface area contributed by atoms with E-state index in [0.29, 0.717) is 23.5 Å². The molecule has 0 aliphatic carbocycles. The van der Waals surface area contributed by atoms with Crippen molar-refractivity contribution < 1.29 is 19.1 Å². The van der Waals surface area contributed by atoms with Crippen LogP contribution in [-0.4, -0.2) is 18.1 Å². The number of ether oxygens (including phenoxy) is 2. The smallest absolute Gasteiger partial charge is 0.323 e. The third kappa shape index (κ3) is 8.35. The maximum absolute atomic E-state index is 12.9. The number of hydrogen-bond acceptors (Lipinski definition) is 4. The highest BCUT2D eigenvalue weighted by molar-refractivity contribution is 5.99. The zero-order chi connectivity index (χ0) is 29.3. The van der Waals surface area contributed by atoms with Gasteiger partial charge in [-0.3, -0.25) is 4.79 Å². The fraction of sp³-hybridized carbons (Fsp3) is 0.412. The molecule has 0 fully saturated rings. The Morgan fingerprint density at radius 3 is 2.08 bits per heavy atom. The number of para-hydroxylation sites is 1. The molecule has 3 rings (SSSR count). The SMILES string of the molecule is CCC(CC(=O)Oc1cccc(NC(=O)Nc2ccccc2)c1)Oc1ccc(C(C)(C)CC)cc1C(C)(C)CC. The molecule has 2 amide bonds. The molecule has 2 N–H and O–H groups in total. The van der Waals surface area contributed by atoms with Crippen molar-refractivity contribution in [1.29, 1.82) is 0 Å². The number of carbonyl (C=O) groups is 2. The Morgan fingerprint density at radius 1 is 0.775 bits per heavy atom. The van der Waals surface area contributed by atoms with Crippen molar-refractivity contribution in [3.8, 4) is 11.5 Å². The van der Waals surface area contributed by atoms with Crippen molar-refractivity contribution >= 4 is 23.4 Å². The van der Waals surface area contributed by atoms with Crippen LogP contribution in [0.2, 0.25) is 0 Å². The Morgan fingerprint density at radius 2 is 1.43 bits per heavy atom. The van der Waals surface area contributed by atoms with Crippen molar-refractivity contribution in [2.45, 2.75) is 91.1 Å². The maximum Gasteiger partial charge on any atom is 0.323 e. The summed E-state index contributed by atoms with van der Waals surface area (Å²) in [5, 5.41) is 5.53. The van der Waals surface area contributed by atoms with E-state index in [1.807, 2.05) is 25.1 Å². The van der Waals surface area contributed by atoms with Gasteiger partial charge in [-0.2, -0.15) is 0 Å². The molecule has 3 aromatic carbocycles. The maximum atomic E-state index is 12.9. The van der Waals surface area contributed by atoms with E-state index in [1.54, 1.807) is 36.4 Å². The number of carbonyl (C=O) groups excluding carboxylic acids is 2. The minimum Gasteiger partial charge on any atom is -0.490 e. The average molecular weight is 545 g/mol.